The van der Waals surface area contributed by atoms with Gasteiger partial charge in [0.2, 0.25) is 0 Å². The summed E-state index contributed by atoms with van der Waals surface area (Å²) in [6.45, 7) is -1.58. The molecule has 0 bridgehead atoms. The van der Waals surface area contributed by atoms with Crippen molar-refractivity contribution in [2.24, 2.45) is 5.73 Å². The second-order valence-corrected chi connectivity index (χ2v) is 4.80. The molecule has 0 aliphatic rings. The molecule has 0 aliphatic carbocycles. The van der Waals surface area contributed by atoms with Gasteiger partial charge in [-0.05, 0) is 30.0 Å². The summed E-state index contributed by atoms with van der Waals surface area (Å²) in [6.07, 6.45) is 0. The predicted molar refractivity (Wildman–Crippen MR) is 66.2 cm³/mol. The number of halogens is 6. The molecule has 10 heteroatoms. The molecule has 20 heavy (non-hydrogen) atoms. The van der Waals surface area contributed by atoms with Crippen LogP contribution in [0.4, 0.5) is 22.0 Å². The number of benzene rings is 1. The van der Waals surface area contributed by atoms with Gasteiger partial charge in [-0.2, -0.15) is 13.2 Å². The normalized spacial score (nSPS) is 13.8. The molecule has 116 valence electrons. The number of hydrogen-bond donors (Lipinski definition) is 3. The second kappa shape index (κ2) is 6.79. The first-order valence-electron chi connectivity index (χ1n) is 4.90. The van der Waals surface area contributed by atoms with E-state index in [1.54, 1.807) is 0 Å². The molecule has 0 fully saturated rings. The van der Waals surface area contributed by atoms with Crippen LogP contribution >= 0.6 is 24.2 Å². The molecule has 1 atom stereocenters. The number of alkyl halides is 5. The highest BCUT2D eigenvalue weighted by atomic mass is 35.5. The van der Waals surface area contributed by atoms with Crippen LogP contribution in [0.3, 0.4) is 0 Å². The van der Waals surface area contributed by atoms with Crippen LogP contribution in [0, 0.1) is 0 Å². The highest BCUT2D eigenvalue weighted by Crippen LogP contribution is 2.41. The van der Waals surface area contributed by atoms with Gasteiger partial charge in [0.15, 0.2) is 0 Å². The van der Waals surface area contributed by atoms with Gasteiger partial charge in [-0.25, -0.2) is 8.78 Å². The summed E-state index contributed by atoms with van der Waals surface area (Å²) in [5, 5.41) is 17.9. The van der Waals surface area contributed by atoms with E-state index in [9.17, 15) is 27.1 Å². The van der Waals surface area contributed by atoms with Gasteiger partial charge in [0.25, 0.3) is 5.92 Å². The van der Waals surface area contributed by atoms with E-state index in [4.69, 9.17) is 10.8 Å². The summed E-state index contributed by atoms with van der Waals surface area (Å²) in [4.78, 5) is -0.385. The van der Waals surface area contributed by atoms with Crippen LogP contribution in [0.25, 0.3) is 0 Å². The van der Waals surface area contributed by atoms with E-state index in [0.717, 1.165) is 18.2 Å². The summed E-state index contributed by atoms with van der Waals surface area (Å²) in [5.74, 6) is -4.41. The maximum atomic E-state index is 13.2. The Morgan fingerprint density at radius 3 is 2.20 bits per heavy atom. The molecule has 0 radical (unpaired) electrons. The number of hydrogen-bond acceptors (Lipinski definition) is 4. The zero-order valence-corrected chi connectivity index (χ0v) is 11.3. The fourth-order valence-corrected chi connectivity index (χ4v) is 1.89. The summed E-state index contributed by atoms with van der Waals surface area (Å²) >= 11 is -0.515. The molecule has 4 N–H and O–H groups in total. The zero-order valence-electron chi connectivity index (χ0n) is 9.69. The molecule has 0 spiro atoms. The molecular weight excluding hydrogens is 329 g/mol. The predicted octanol–water partition coefficient (Wildman–Crippen LogP) is 3.05. The van der Waals surface area contributed by atoms with E-state index < -0.39 is 47.2 Å². The third-order valence-corrected chi connectivity index (χ3v) is 2.95. The minimum absolute atomic E-state index is 0. The Labute approximate surface area is 121 Å². The van der Waals surface area contributed by atoms with Crippen molar-refractivity contribution in [3.8, 4) is 5.75 Å². The van der Waals surface area contributed by atoms with Crippen LogP contribution in [0.1, 0.15) is 11.6 Å². The summed E-state index contributed by atoms with van der Waals surface area (Å²) in [6, 6.07) is 0.394. The molecule has 1 rings (SSSR count). The third-order valence-electron chi connectivity index (χ3n) is 2.23. The molecule has 0 saturated heterocycles. The molecule has 0 aliphatic heterocycles. The minimum atomic E-state index is -4.59. The Hall–Kier alpha value is -0.770. The van der Waals surface area contributed by atoms with Gasteiger partial charge in [0.05, 0.1) is 0 Å². The Kier molecular flexibility index (Phi) is 6.53. The topological polar surface area (TPSA) is 66.5 Å². The van der Waals surface area contributed by atoms with E-state index in [1.807, 2.05) is 0 Å². The van der Waals surface area contributed by atoms with E-state index in [2.05, 4.69) is 0 Å². The number of nitrogens with two attached hydrogens (primary N) is 1. The molecule has 0 heterocycles. The number of aliphatic hydroxyl groups excluding tert-OH is 1. The van der Waals surface area contributed by atoms with Crippen molar-refractivity contribution < 1.29 is 32.2 Å². The van der Waals surface area contributed by atoms with Crippen LogP contribution in [-0.2, 0) is 0 Å². The quantitative estimate of drug-likeness (QED) is 0.582. The smallest absolute Gasteiger partial charge is 0.446 e. The number of phenols is 1. The second-order valence-electron chi connectivity index (χ2n) is 3.67. The van der Waals surface area contributed by atoms with E-state index >= 15 is 0 Å². The Morgan fingerprint density at radius 1 is 1.20 bits per heavy atom. The van der Waals surface area contributed by atoms with Crippen molar-refractivity contribution in [3.63, 3.8) is 0 Å². The highest BCUT2D eigenvalue weighted by Gasteiger charge is 2.39. The fraction of sp³-hybridized carbons (Fsp3) is 0.400. The number of aliphatic hydroxyl groups is 1. The van der Waals surface area contributed by atoms with Gasteiger partial charge in [0.1, 0.15) is 18.4 Å². The zero-order chi connectivity index (χ0) is 14.8. The Balaban J connectivity index is 0.00000361. The maximum absolute atomic E-state index is 13.2. The first-order chi connectivity index (χ1) is 8.57. The number of aromatic hydroxyl groups is 1. The molecule has 1 aromatic rings. The van der Waals surface area contributed by atoms with E-state index in [0.29, 0.717) is 0 Å². The lowest BCUT2D eigenvalue weighted by Crippen LogP contribution is -2.36. The van der Waals surface area contributed by atoms with Crippen LogP contribution in [0.2, 0.25) is 0 Å². The van der Waals surface area contributed by atoms with Crippen molar-refractivity contribution >= 4 is 24.2 Å². The van der Waals surface area contributed by atoms with Gasteiger partial charge in [-0.1, -0.05) is 0 Å². The van der Waals surface area contributed by atoms with Gasteiger partial charge in [0, 0.05) is 10.5 Å². The first kappa shape index (κ1) is 19.2. The minimum Gasteiger partial charge on any atom is -0.508 e. The van der Waals surface area contributed by atoms with Crippen LogP contribution in [0.5, 0.6) is 5.75 Å². The van der Waals surface area contributed by atoms with Gasteiger partial charge in [-0.3, -0.25) is 0 Å². The SMILES string of the molecule is Cl.N[C@@H](c1cc(SC(F)(F)F)ccc1O)C(F)(F)CO. The lowest BCUT2D eigenvalue weighted by molar-refractivity contribution is -0.0716. The Morgan fingerprint density at radius 2 is 1.75 bits per heavy atom. The van der Waals surface area contributed by atoms with Crippen molar-refractivity contribution in [3.05, 3.63) is 23.8 Å². The van der Waals surface area contributed by atoms with Gasteiger partial charge < -0.3 is 15.9 Å². The molecule has 0 unspecified atom stereocenters. The number of phenolic OH excluding ortho intramolecular Hbond substituents is 1. The highest BCUT2D eigenvalue weighted by molar-refractivity contribution is 8.00. The van der Waals surface area contributed by atoms with Crippen molar-refractivity contribution in [1.29, 1.82) is 0 Å². The lowest BCUT2D eigenvalue weighted by atomic mass is 10.0. The third kappa shape index (κ3) is 4.97. The first-order valence-corrected chi connectivity index (χ1v) is 5.71. The van der Waals surface area contributed by atoms with E-state index in [-0.39, 0.29) is 17.3 Å². The average Bonchev–Trinajstić information content (AvgIpc) is 2.29. The average molecular weight is 340 g/mol. The largest absolute Gasteiger partial charge is 0.508 e. The molecule has 3 nitrogen and oxygen atoms in total. The van der Waals surface area contributed by atoms with Crippen molar-refractivity contribution in [2.45, 2.75) is 22.4 Å². The van der Waals surface area contributed by atoms with Gasteiger partial charge in [-0.15, -0.1) is 12.4 Å². The fourth-order valence-electron chi connectivity index (χ4n) is 1.30. The number of rotatable bonds is 4. The van der Waals surface area contributed by atoms with Crippen molar-refractivity contribution in [1.82, 2.24) is 0 Å². The standard InChI is InChI=1S/C10H10F5NO2S.ClH/c11-9(12,4-17)8(16)6-3-5(1-2-7(6)18)19-10(13,14)15;/h1-3,8,17-18H,4,16H2;1H/t8-;/m0./s1. The van der Waals surface area contributed by atoms with Crippen molar-refractivity contribution in [2.75, 3.05) is 6.61 Å². The van der Waals surface area contributed by atoms with Gasteiger partial charge >= 0.3 is 5.51 Å². The molecule has 0 aromatic heterocycles. The summed E-state index contributed by atoms with van der Waals surface area (Å²) in [5.41, 5.74) is 0.00902. The molecule has 0 amide bonds. The number of thioether (sulfide) groups is 1. The van der Waals surface area contributed by atoms with Crippen LogP contribution in [-0.4, -0.2) is 28.3 Å². The van der Waals surface area contributed by atoms with Crippen LogP contribution < -0.4 is 5.73 Å². The monoisotopic (exact) mass is 339 g/mol. The molecule has 0 saturated carbocycles. The molecular formula is C10H11ClF5NO2S. The van der Waals surface area contributed by atoms with E-state index in [1.165, 1.54) is 0 Å². The summed E-state index contributed by atoms with van der Waals surface area (Å²) < 4.78 is 62.8. The van der Waals surface area contributed by atoms with Crippen LogP contribution in [0.15, 0.2) is 23.1 Å². The molecule has 1 aromatic carbocycles. The summed E-state index contributed by atoms with van der Waals surface area (Å²) in [7, 11) is 0. The maximum Gasteiger partial charge on any atom is 0.446 e. The lowest BCUT2D eigenvalue weighted by Gasteiger charge is -2.22. The Bertz CT molecular complexity index is 458.